The van der Waals surface area contributed by atoms with Gasteiger partial charge in [-0.05, 0) is 68.8 Å². The Balaban J connectivity index is 1.41. The van der Waals surface area contributed by atoms with E-state index in [4.69, 9.17) is 4.74 Å². The van der Waals surface area contributed by atoms with Crippen molar-refractivity contribution in [2.45, 2.75) is 27.2 Å². The van der Waals surface area contributed by atoms with Gasteiger partial charge >= 0.3 is 0 Å². The average Bonchev–Trinajstić information content (AvgIpc) is 3.07. The summed E-state index contributed by atoms with van der Waals surface area (Å²) >= 11 is 0. The maximum atomic E-state index is 12.7. The van der Waals surface area contributed by atoms with Crippen LogP contribution in [0.5, 0.6) is 0 Å². The van der Waals surface area contributed by atoms with Gasteiger partial charge in [0.2, 0.25) is 5.91 Å². The highest BCUT2D eigenvalue weighted by Crippen LogP contribution is 2.22. The van der Waals surface area contributed by atoms with E-state index in [1.807, 2.05) is 6.92 Å². The van der Waals surface area contributed by atoms with Crippen molar-refractivity contribution in [2.75, 3.05) is 31.6 Å². The summed E-state index contributed by atoms with van der Waals surface area (Å²) in [5, 5.41) is 2.95. The molecular formula is C26H29N3O3. The standard InChI is InChI=1S/C26H29N3O3/c1-18-4-10-24(11-5-18)29-19(2)16-22(20(29)3)17-25(30)27-23-8-6-21(7-9-23)26(31)28-12-14-32-15-13-28/h4-11,16H,12-15,17H2,1-3H3,(H,27,30). The van der Waals surface area contributed by atoms with Gasteiger partial charge in [-0.1, -0.05) is 17.7 Å². The van der Waals surface area contributed by atoms with E-state index in [1.54, 1.807) is 29.2 Å². The Morgan fingerprint density at radius 2 is 1.59 bits per heavy atom. The molecule has 2 amide bonds. The molecule has 32 heavy (non-hydrogen) atoms. The lowest BCUT2D eigenvalue weighted by atomic mass is 10.1. The number of rotatable bonds is 5. The van der Waals surface area contributed by atoms with Crippen molar-refractivity contribution in [3.05, 3.63) is 82.7 Å². The number of carbonyl (C=O) groups is 2. The summed E-state index contributed by atoms with van der Waals surface area (Å²) in [4.78, 5) is 27.0. The number of amides is 2. The number of nitrogens with one attached hydrogen (secondary N) is 1. The zero-order chi connectivity index (χ0) is 22.7. The van der Waals surface area contributed by atoms with Gasteiger partial charge in [0.15, 0.2) is 0 Å². The Labute approximate surface area is 188 Å². The quantitative estimate of drug-likeness (QED) is 0.663. The number of aryl methyl sites for hydroxylation is 2. The van der Waals surface area contributed by atoms with Gasteiger partial charge in [-0.25, -0.2) is 0 Å². The number of aromatic nitrogens is 1. The molecule has 6 heteroatoms. The number of carbonyl (C=O) groups excluding carboxylic acids is 2. The molecule has 166 valence electrons. The lowest BCUT2D eigenvalue weighted by molar-refractivity contribution is -0.115. The average molecular weight is 432 g/mol. The summed E-state index contributed by atoms with van der Waals surface area (Å²) in [5.74, 6) is -0.0869. The molecule has 1 N–H and O–H groups in total. The summed E-state index contributed by atoms with van der Waals surface area (Å²) in [6.07, 6.45) is 0.292. The van der Waals surface area contributed by atoms with Crippen molar-refractivity contribution in [3.63, 3.8) is 0 Å². The summed E-state index contributed by atoms with van der Waals surface area (Å²) in [6, 6.07) is 17.5. The van der Waals surface area contributed by atoms with Crippen LogP contribution in [0, 0.1) is 20.8 Å². The van der Waals surface area contributed by atoms with Crippen molar-refractivity contribution in [3.8, 4) is 5.69 Å². The van der Waals surface area contributed by atoms with Gasteiger partial charge in [-0.2, -0.15) is 0 Å². The Hall–Kier alpha value is -3.38. The van der Waals surface area contributed by atoms with Gasteiger partial charge in [0.25, 0.3) is 5.91 Å². The summed E-state index contributed by atoms with van der Waals surface area (Å²) in [7, 11) is 0. The molecule has 0 radical (unpaired) electrons. The van der Waals surface area contributed by atoms with E-state index in [9.17, 15) is 9.59 Å². The van der Waals surface area contributed by atoms with E-state index < -0.39 is 0 Å². The molecule has 1 saturated heterocycles. The third kappa shape index (κ3) is 4.75. The van der Waals surface area contributed by atoms with Gasteiger partial charge in [-0.3, -0.25) is 9.59 Å². The van der Waals surface area contributed by atoms with E-state index in [2.05, 4.69) is 54.1 Å². The Morgan fingerprint density at radius 1 is 0.938 bits per heavy atom. The molecule has 1 aliphatic rings. The van der Waals surface area contributed by atoms with E-state index in [-0.39, 0.29) is 11.8 Å². The van der Waals surface area contributed by atoms with Gasteiger partial charge in [-0.15, -0.1) is 0 Å². The highest BCUT2D eigenvalue weighted by atomic mass is 16.5. The lowest BCUT2D eigenvalue weighted by Crippen LogP contribution is -2.40. The second kappa shape index (κ2) is 9.40. The predicted octanol–water partition coefficient (Wildman–Crippen LogP) is 4.06. The van der Waals surface area contributed by atoms with Crippen LogP contribution in [0.15, 0.2) is 54.6 Å². The van der Waals surface area contributed by atoms with Crippen LogP contribution in [-0.4, -0.2) is 47.6 Å². The van der Waals surface area contributed by atoms with E-state index >= 15 is 0 Å². The van der Waals surface area contributed by atoms with Crippen LogP contribution < -0.4 is 5.32 Å². The first-order valence-electron chi connectivity index (χ1n) is 10.9. The summed E-state index contributed by atoms with van der Waals surface area (Å²) in [5.41, 5.74) is 6.77. The highest BCUT2D eigenvalue weighted by Gasteiger charge is 2.18. The Morgan fingerprint density at radius 3 is 2.25 bits per heavy atom. The van der Waals surface area contributed by atoms with Gasteiger partial charge in [0.1, 0.15) is 0 Å². The Kier molecular flexibility index (Phi) is 6.42. The molecule has 2 aromatic carbocycles. The first kappa shape index (κ1) is 21.8. The van der Waals surface area contributed by atoms with Crippen molar-refractivity contribution >= 4 is 17.5 Å². The summed E-state index contributed by atoms with van der Waals surface area (Å²) < 4.78 is 7.48. The maximum absolute atomic E-state index is 12.7. The van der Waals surface area contributed by atoms with Crippen LogP contribution in [0.1, 0.15) is 32.9 Å². The SMILES string of the molecule is Cc1ccc(-n2c(C)cc(CC(=O)Nc3ccc(C(=O)N4CCOCC4)cc3)c2C)cc1. The van der Waals surface area contributed by atoms with E-state index in [1.165, 1.54) is 5.56 Å². The molecule has 0 spiro atoms. The third-order valence-corrected chi connectivity index (χ3v) is 5.89. The monoisotopic (exact) mass is 431 g/mol. The van der Waals surface area contributed by atoms with Crippen LogP contribution in [0.2, 0.25) is 0 Å². The number of hydrogen-bond acceptors (Lipinski definition) is 3. The topological polar surface area (TPSA) is 63.6 Å². The normalized spacial score (nSPS) is 13.8. The molecule has 1 aromatic heterocycles. The number of hydrogen-bond donors (Lipinski definition) is 1. The molecular weight excluding hydrogens is 402 g/mol. The molecule has 0 aliphatic carbocycles. The van der Waals surface area contributed by atoms with Gasteiger partial charge in [0, 0.05) is 41.4 Å². The van der Waals surface area contributed by atoms with Crippen molar-refractivity contribution in [1.29, 1.82) is 0 Å². The predicted molar refractivity (Wildman–Crippen MR) is 125 cm³/mol. The molecule has 2 heterocycles. The van der Waals surface area contributed by atoms with Crippen LogP contribution in [0.3, 0.4) is 0 Å². The van der Waals surface area contributed by atoms with Gasteiger partial charge in [0.05, 0.1) is 19.6 Å². The molecule has 0 bridgehead atoms. The zero-order valence-corrected chi connectivity index (χ0v) is 18.9. The number of morpholine rings is 1. The Bertz CT molecular complexity index is 1110. The minimum absolute atomic E-state index is 0.00489. The number of ether oxygens (including phenoxy) is 1. The van der Waals surface area contributed by atoms with Crippen molar-refractivity contribution in [2.24, 2.45) is 0 Å². The summed E-state index contributed by atoms with van der Waals surface area (Å²) in [6.45, 7) is 8.53. The van der Waals surface area contributed by atoms with Crippen LogP contribution >= 0.6 is 0 Å². The minimum atomic E-state index is -0.0820. The smallest absolute Gasteiger partial charge is 0.254 e. The molecule has 1 aliphatic heterocycles. The molecule has 0 atom stereocenters. The largest absolute Gasteiger partial charge is 0.378 e. The second-order valence-corrected chi connectivity index (χ2v) is 8.27. The number of benzene rings is 2. The number of anilines is 1. The molecule has 6 nitrogen and oxygen atoms in total. The highest BCUT2D eigenvalue weighted by molar-refractivity contribution is 5.96. The van der Waals surface area contributed by atoms with Crippen molar-refractivity contribution in [1.82, 2.24) is 9.47 Å². The number of nitrogens with zero attached hydrogens (tertiary/aromatic N) is 2. The van der Waals surface area contributed by atoms with Crippen LogP contribution in [0.4, 0.5) is 5.69 Å². The zero-order valence-electron chi connectivity index (χ0n) is 18.9. The molecule has 1 fully saturated rings. The lowest BCUT2D eigenvalue weighted by Gasteiger charge is -2.26. The van der Waals surface area contributed by atoms with E-state index in [0.29, 0.717) is 44.0 Å². The molecule has 0 saturated carbocycles. The van der Waals surface area contributed by atoms with Crippen molar-refractivity contribution < 1.29 is 14.3 Å². The fourth-order valence-corrected chi connectivity index (χ4v) is 4.12. The molecule has 4 rings (SSSR count). The second-order valence-electron chi connectivity index (χ2n) is 8.27. The molecule has 3 aromatic rings. The fraction of sp³-hybridized carbons (Fsp3) is 0.308. The van der Waals surface area contributed by atoms with Crippen LogP contribution in [-0.2, 0) is 16.0 Å². The van der Waals surface area contributed by atoms with E-state index in [0.717, 1.165) is 22.6 Å². The van der Waals surface area contributed by atoms with Crippen LogP contribution in [0.25, 0.3) is 5.69 Å². The maximum Gasteiger partial charge on any atom is 0.254 e. The fourth-order valence-electron chi connectivity index (χ4n) is 4.12. The first-order chi connectivity index (χ1) is 15.4. The van der Waals surface area contributed by atoms with Gasteiger partial charge < -0.3 is 19.5 Å². The molecule has 0 unspecified atom stereocenters. The first-order valence-corrected chi connectivity index (χ1v) is 10.9. The third-order valence-electron chi connectivity index (χ3n) is 5.89. The minimum Gasteiger partial charge on any atom is -0.378 e.